The Kier molecular flexibility index (Phi) is 6.97. The Hall–Kier alpha value is -4.10. The highest BCUT2D eigenvalue weighted by Gasteiger charge is 2.25. The maximum atomic E-state index is 13.7. The molecule has 0 fully saturated rings. The van der Waals surface area contributed by atoms with Crippen LogP contribution in [0.15, 0.2) is 77.6 Å². The molecule has 2 heterocycles. The van der Waals surface area contributed by atoms with Crippen molar-refractivity contribution in [2.45, 2.75) is 39.9 Å². The first-order valence-corrected chi connectivity index (χ1v) is 12.4. The molecule has 1 amide bonds. The fraction of sp³-hybridized carbons (Fsp3) is 0.233. The summed E-state index contributed by atoms with van der Waals surface area (Å²) in [5.41, 5.74) is 5.77. The Morgan fingerprint density at radius 1 is 1.00 bits per heavy atom. The first-order valence-electron chi connectivity index (χ1n) is 12.4. The topological polar surface area (TPSA) is 67.2 Å². The lowest BCUT2D eigenvalue weighted by Crippen LogP contribution is -2.39. The number of halogens is 1. The highest BCUT2D eigenvalue weighted by molar-refractivity contribution is 5.91. The summed E-state index contributed by atoms with van der Waals surface area (Å²) in [6.45, 7) is 5.82. The van der Waals surface area contributed by atoms with E-state index in [0.717, 1.165) is 24.2 Å². The SMILES string of the molecule is Cc1ccc(NC(=O)Cn2c(-c3ccc(F)cc3)nc3c(c2=O)CCN(Cc2ccccc2)C3)cc1C. The van der Waals surface area contributed by atoms with Gasteiger partial charge in [-0.3, -0.25) is 19.1 Å². The van der Waals surface area contributed by atoms with Gasteiger partial charge in [-0.1, -0.05) is 36.4 Å². The minimum absolute atomic E-state index is 0.188. The molecule has 0 bridgehead atoms. The highest BCUT2D eigenvalue weighted by Crippen LogP contribution is 2.23. The third-order valence-electron chi connectivity index (χ3n) is 6.84. The normalized spacial score (nSPS) is 13.3. The first-order chi connectivity index (χ1) is 17.9. The summed E-state index contributed by atoms with van der Waals surface area (Å²) in [5.74, 6) is -0.338. The Balaban J connectivity index is 1.47. The van der Waals surface area contributed by atoms with Crippen molar-refractivity contribution in [2.75, 3.05) is 11.9 Å². The fourth-order valence-electron chi connectivity index (χ4n) is 4.69. The Labute approximate surface area is 215 Å². The molecular formula is C30H29FN4O2. The molecule has 0 spiro atoms. The number of carbonyl (C=O) groups is 1. The van der Waals surface area contributed by atoms with Gasteiger partial charge in [0.15, 0.2) is 0 Å². The molecule has 3 aromatic carbocycles. The van der Waals surface area contributed by atoms with Crippen LogP contribution in [-0.4, -0.2) is 26.9 Å². The maximum absolute atomic E-state index is 13.7. The van der Waals surface area contributed by atoms with Gasteiger partial charge in [0.25, 0.3) is 5.56 Å². The molecule has 7 heteroatoms. The first kappa shape index (κ1) is 24.6. The van der Waals surface area contributed by atoms with Crippen LogP contribution in [0.4, 0.5) is 10.1 Å². The second-order valence-corrected chi connectivity index (χ2v) is 9.55. The number of rotatable bonds is 6. The van der Waals surface area contributed by atoms with Crippen LogP contribution in [0.1, 0.15) is 27.9 Å². The molecule has 4 aromatic rings. The summed E-state index contributed by atoms with van der Waals surface area (Å²) in [5, 5.41) is 2.89. The van der Waals surface area contributed by atoms with E-state index in [-0.39, 0.29) is 23.8 Å². The highest BCUT2D eigenvalue weighted by atomic mass is 19.1. The fourth-order valence-corrected chi connectivity index (χ4v) is 4.69. The zero-order valence-electron chi connectivity index (χ0n) is 21.0. The predicted octanol–water partition coefficient (Wildman–Crippen LogP) is 4.86. The van der Waals surface area contributed by atoms with E-state index >= 15 is 0 Å². The van der Waals surface area contributed by atoms with Gasteiger partial charge in [-0.15, -0.1) is 0 Å². The van der Waals surface area contributed by atoms with Crippen LogP contribution >= 0.6 is 0 Å². The van der Waals surface area contributed by atoms with Crippen LogP contribution in [0.2, 0.25) is 0 Å². The predicted molar refractivity (Wildman–Crippen MR) is 143 cm³/mol. The lowest BCUT2D eigenvalue weighted by Gasteiger charge is -2.29. The van der Waals surface area contributed by atoms with Crippen molar-refractivity contribution < 1.29 is 9.18 Å². The average Bonchev–Trinajstić information content (AvgIpc) is 2.89. The van der Waals surface area contributed by atoms with Gasteiger partial charge in [0.1, 0.15) is 18.2 Å². The van der Waals surface area contributed by atoms with Gasteiger partial charge in [-0.25, -0.2) is 9.37 Å². The Bertz CT molecular complexity index is 1500. The average molecular weight is 497 g/mol. The van der Waals surface area contributed by atoms with Crippen LogP contribution in [0, 0.1) is 19.7 Å². The molecule has 188 valence electrons. The number of fused-ring (bicyclic) bond motifs is 1. The molecule has 0 saturated carbocycles. The number of carbonyl (C=O) groups excluding carboxylic acids is 1. The lowest BCUT2D eigenvalue weighted by molar-refractivity contribution is -0.116. The molecule has 0 saturated heterocycles. The number of benzene rings is 3. The van der Waals surface area contributed by atoms with Gasteiger partial charge in [0, 0.05) is 36.4 Å². The maximum Gasteiger partial charge on any atom is 0.257 e. The molecule has 1 aliphatic rings. The molecule has 1 N–H and O–H groups in total. The van der Waals surface area contributed by atoms with Crippen molar-refractivity contribution in [1.82, 2.24) is 14.5 Å². The molecule has 0 unspecified atom stereocenters. The number of aryl methyl sites for hydroxylation is 2. The Morgan fingerprint density at radius 2 is 1.76 bits per heavy atom. The number of nitrogens with zero attached hydrogens (tertiary/aromatic N) is 3. The number of amides is 1. The van der Waals surface area contributed by atoms with Crippen LogP contribution in [0.3, 0.4) is 0 Å². The molecule has 6 nitrogen and oxygen atoms in total. The summed E-state index contributed by atoms with van der Waals surface area (Å²) < 4.78 is 15.1. The van der Waals surface area contributed by atoms with Crippen molar-refractivity contribution in [2.24, 2.45) is 0 Å². The minimum atomic E-state index is -0.378. The molecule has 1 aromatic heterocycles. The van der Waals surface area contributed by atoms with Crippen LogP contribution in [0.5, 0.6) is 0 Å². The van der Waals surface area contributed by atoms with Crippen LogP contribution in [0.25, 0.3) is 11.4 Å². The molecule has 0 radical (unpaired) electrons. The van der Waals surface area contributed by atoms with E-state index < -0.39 is 0 Å². The van der Waals surface area contributed by atoms with Gasteiger partial charge in [0.05, 0.1) is 5.69 Å². The van der Waals surface area contributed by atoms with Crippen molar-refractivity contribution in [1.29, 1.82) is 0 Å². The van der Waals surface area contributed by atoms with E-state index in [1.54, 1.807) is 12.1 Å². The summed E-state index contributed by atoms with van der Waals surface area (Å²) in [4.78, 5) is 33.8. The van der Waals surface area contributed by atoms with E-state index in [4.69, 9.17) is 4.98 Å². The molecule has 37 heavy (non-hydrogen) atoms. The summed E-state index contributed by atoms with van der Waals surface area (Å²) in [6, 6.07) is 21.7. The third-order valence-corrected chi connectivity index (χ3v) is 6.84. The van der Waals surface area contributed by atoms with Crippen molar-refractivity contribution in [3.05, 3.63) is 117 Å². The van der Waals surface area contributed by atoms with Crippen LogP contribution in [-0.2, 0) is 30.8 Å². The zero-order valence-corrected chi connectivity index (χ0v) is 21.0. The monoisotopic (exact) mass is 496 g/mol. The third kappa shape index (κ3) is 5.52. The van der Waals surface area contributed by atoms with E-state index in [1.165, 1.54) is 22.3 Å². The molecule has 0 aliphatic carbocycles. The largest absolute Gasteiger partial charge is 0.325 e. The van der Waals surface area contributed by atoms with Crippen molar-refractivity contribution >= 4 is 11.6 Å². The molecule has 1 aliphatic heterocycles. The smallest absolute Gasteiger partial charge is 0.257 e. The number of aromatic nitrogens is 2. The quantitative estimate of drug-likeness (QED) is 0.414. The van der Waals surface area contributed by atoms with Gasteiger partial charge >= 0.3 is 0 Å². The summed E-state index contributed by atoms with van der Waals surface area (Å²) in [7, 11) is 0. The van der Waals surface area contributed by atoms with Gasteiger partial charge < -0.3 is 5.32 Å². The van der Waals surface area contributed by atoms with Gasteiger partial charge in [-0.05, 0) is 73.4 Å². The van der Waals surface area contributed by atoms with E-state index in [0.29, 0.717) is 41.3 Å². The van der Waals surface area contributed by atoms with E-state index in [1.807, 2.05) is 50.2 Å². The number of nitrogens with one attached hydrogen (secondary N) is 1. The molecule has 5 rings (SSSR count). The zero-order chi connectivity index (χ0) is 25.9. The van der Waals surface area contributed by atoms with Gasteiger partial charge in [-0.2, -0.15) is 0 Å². The van der Waals surface area contributed by atoms with Crippen LogP contribution < -0.4 is 10.9 Å². The summed E-state index contributed by atoms with van der Waals surface area (Å²) in [6.07, 6.45) is 0.552. The number of anilines is 1. The molecule has 0 atom stereocenters. The van der Waals surface area contributed by atoms with E-state index in [9.17, 15) is 14.0 Å². The van der Waals surface area contributed by atoms with Crippen molar-refractivity contribution in [3.8, 4) is 11.4 Å². The van der Waals surface area contributed by atoms with Crippen molar-refractivity contribution in [3.63, 3.8) is 0 Å². The standard InChI is InChI=1S/C30H29FN4O2/c1-20-8-13-25(16-21(20)2)32-28(36)19-35-29(23-9-11-24(31)12-10-23)33-27-18-34(15-14-26(27)30(35)37)17-22-6-4-3-5-7-22/h3-13,16H,14-15,17-19H2,1-2H3,(H,32,36). The lowest BCUT2D eigenvalue weighted by atomic mass is 10.0. The summed E-state index contributed by atoms with van der Waals surface area (Å²) >= 11 is 0. The second kappa shape index (κ2) is 10.5. The number of hydrogen-bond donors (Lipinski definition) is 1. The Morgan fingerprint density at radius 3 is 2.49 bits per heavy atom. The van der Waals surface area contributed by atoms with Gasteiger partial charge in [0.2, 0.25) is 5.91 Å². The second-order valence-electron chi connectivity index (χ2n) is 9.55. The minimum Gasteiger partial charge on any atom is -0.325 e. The number of hydrogen-bond acceptors (Lipinski definition) is 4. The molecular weight excluding hydrogens is 467 g/mol. The van der Waals surface area contributed by atoms with E-state index in [2.05, 4.69) is 22.3 Å².